The summed E-state index contributed by atoms with van der Waals surface area (Å²) in [7, 11) is 1.69. The second-order valence-corrected chi connectivity index (χ2v) is 4.41. The Hall–Kier alpha value is -1.87. The number of hydrogen-bond acceptors (Lipinski definition) is 3. The number of benzene rings is 1. The summed E-state index contributed by atoms with van der Waals surface area (Å²) in [5.74, 6) is 0.890. The van der Waals surface area contributed by atoms with Gasteiger partial charge >= 0.3 is 0 Å². The van der Waals surface area contributed by atoms with Gasteiger partial charge in [-0.25, -0.2) is 0 Å². The van der Waals surface area contributed by atoms with Gasteiger partial charge in [0.05, 0.1) is 7.11 Å². The van der Waals surface area contributed by atoms with E-state index in [1.54, 1.807) is 7.11 Å². The molecular formula is C16H20N2O. The van der Waals surface area contributed by atoms with Crippen molar-refractivity contribution in [1.29, 1.82) is 0 Å². The Morgan fingerprint density at radius 2 is 2.11 bits per heavy atom. The number of hydrogen-bond donors (Lipinski definition) is 1. The molecule has 0 radical (unpaired) electrons. The molecule has 0 amide bonds. The van der Waals surface area contributed by atoms with Crippen molar-refractivity contribution in [2.45, 2.75) is 19.4 Å². The SMILES string of the molecule is CCNC(Cc1ccccn1)c1cccc(OC)c1. The third-order valence-electron chi connectivity index (χ3n) is 3.09. The van der Waals surface area contributed by atoms with Crippen LogP contribution in [0.4, 0.5) is 0 Å². The maximum atomic E-state index is 5.29. The summed E-state index contributed by atoms with van der Waals surface area (Å²) in [6.45, 7) is 3.04. The van der Waals surface area contributed by atoms with Crippen LogP contribution in [0.25, 0.3) is 0 Å². The molecule has 0 aliphatic carbocycles. The van der Waals surface area contributed by atoms with Crippen LogP contribution in [-0.4, -0.2) is 18.6 Å². The van der Waals surface area contributed by atoms with Crippen LogP contribution in [0.1, 0.15) is 24.2 Å². The highest BCUT2D eigenvalue weighted by Crippen LogP contribution is 2.21. The van der Waals surface area contributed by atoms with Crippen LogP contribution in [0.3, 0.4) is 0 Å². The number of aromatic nitrogens is 1. The van der Waals surface area contributed by atoms with Crippen molar-refractivity contribution in [1.82, 2.24) is 10.3 Å². The molecule has 0 saturated heterocycles. The van der Waals surface area contributed by atoms with Gasteiger partial charge in [0.1, 0.15) is 5.75 Å². The summed E-state index contributed by atoms with van der Waals surface area (Å²) in [6.07, 6.45) is 2.71. The highest BCUT2D eigenvalue weighted by Gasteiger charge is 2.12. The second-order valence-electron chi connectivity index (χ2n) is 4.41. The first kappa shape index (κ1) is 13.6. The predicted octanol–water partition coefficient (Wildman–Crippen LogP) is 2.98. The molecule has 1 heterocycles. The lowest BCUT2D eigenvalue weighted by molar-refractivity contribution is 0.413. The molecule has 2 rings (SSSR count). The number of nitrogens with zero attached hydrogens (tertiary/aromatic N) is 1. The Kier molecular flexibility index (Phi) is 4.93. The highest BCUT2D eigenvalue weighted by molar-refractivity contribution is 5.31. The molecule has 0 fully saturated rings. The quantitative estimate of drug-likeness (QED) is 0.862. The number of methoxy groups -OCH3 is 1. The van der Waals surface area contributed by atoms with Gasteiger partial charge in [0.15, 0.2) is 0 Å². The summed E-state index contributed by atoms with van der Waals surface area (Å²) in [4.78, 5) is 4.40. The van der Waals surface area contributed by atoms with E-state index < -0.39 is 0 Å². The van der Waals surface area contributed by atoms with Crippen molar-refractivity contribution in [3.63, 3.8) is 0 Å². The van der Waals surface area contributed by atoms with E-state index in [9.17, 15) is 0 Å². The van der Waals surface area contributed by atoms with Crippen LogP contribution >= 0.6 is 0 Å². The van der Waals surface area contributed by atoms with E-state index >= 15 is 0 Å². The van der Waals surface area contributed by atoms with Gasteiger partial charge in [0.25, 0.3) is 0 Å². The van der Waals surface area contributed by atoms with Gasteiger partial charge in [-0.15, -0.1) is 0 Å². The van der Waals surface area contributed by atoms with Crippen molar-refractivity contribution in [3.8, 4) is 5.75 Å². The minimum Gasteiger partial charge on any atom is -0.497 e. The van der Waals surface area contributed by atoms with E-state index in [0.29, 0.717) is 0 Å². The molecule has 3 heteroatoms. The fourth-order valence-electron chi connectivity index (χ4n) is 2.14. The van der Waals surface area contributed by atoms with E-state index in [2.05, 4.69) is 35.4 Å². The zero-order valence-electron chi connectivity index (χ0n) is 11.5. The van der Waals surface area contributed by atoms with Crippen molar-refractivity contribution >= 4 is 0 Å². The van der Waals surface area contributed by atoms with E-state index in [-0.39, 0.29) is 6.04 Å². The van der Waals surface area contributed by atoms with Crippen molar-refractivity contribution in [2.24, 2.45) is 0 Å². The molecule has 1 atom stereocenters. The molecule has 19 heavy (non-hydrogen) atoms. The third-order valence-corrected chi connectivity index (χ3v) is 3.09. The zero-order valence-corrected chi connectivity index (χ0v) is 11.5. The van der Waals surface area contributed by atoms with Crippen molar-refractivity contribution in [2.75, 3.05) is 13.7 Å². The first-order valence-electron chi connectivity index (χ1n) is 6.60. The number of rotatable bonds is 6. The Bertz CT molecular complexity index is 499. The van der Waals surface area contributed by atoms with Gasteiger partial charge in [-0.3, -0.25) is 4.98 Å². The Morgan fingerprint density at radius 1 is 1.21 bits per heavy atom. The average molecular weight is 256 g/mol. The van der Waals surface area contributed by atoms with E-state index in [1.165, 1.54) is 5.56 Å². The first-order chi connectivity index (χ1) is 9.33. The molecule has 2 aromatic rings. The number of nitrogens with one attached hydrogen (secondary N) is 1. The van der Waals surface area contributed by atoms with Crippen LogP contribution in [0, 0.1) is 0 Å². The van der Waals surface area contributed by atoms with Gasteiger partial charge in [0, 0.05) is 24.4 Å². The van der Waals surface area contributed by atoms with E-state index in [4.69, 9.17) is 4.74 Å². The maximum Gasteiger partial charge on any atom is 0.119 e. The smallest absolute Gasteiger partial charge is 0.119 e. The number of ether oxygens (including phenoxy) is 1. The second kappa shape index (κ2) is 6.90. The predicted molar refractivity (Wildman–Crippen MR) is 77.4 cm³/mol. The standard InChI is InChI=1S/C16H20N2O/c1-3-17-16(12-14-8-4-5-10-18-14)13-7-6-9-15(11-13)19-2/h4-11,16-17H,3,12H2,1-2H3. The van der Waals surface area contributed by atoms with Crippen LogP contribution in [-0.2, 0) is 6.42 Å². The summed E-state index contributed by atoms with van der Waals surface area (Å²) in [6, 6.07) is 14.5. The summed E-state index contributed by atoms with van der Waals surface area (Å²) < 4.78 is 5.29. The molecule has 0 aliphatic rings. The van der Waals surface area contributed by atoms with E-state index in [1.807, 2.05) is 30.5 Å². The molecule has 0 spiro atoms. The highest BCUT2D eigenvalue weighted by atomic mass is 16.5. The van der Waals surface area contributed by atoms with Crippen LogP contribution in [0.5, 0.6) is 5.75 Å². The molecular weight excluding hydrogens is 236 g/mol. The van der Waals surface area contributed by atoms with Crippen LogP contribution < -0.4 is 10.1 Å². The lowest BCUT2D eigenvalue weighted by atomic mass is 10.0. The van der Waals surface area contributed by atoms with Gasteiger partial charge in [-0.1, -0.05) is 25.1 Å². The number of pyridine rings is 1. The summed E-state index contributed by atoms with van der Waals surface area (Å²) in [5.41, 5.74) is 2.32. The van der Waals surface area contributed by atoms with Gasteiger partial charge < -0.3 is 10.1 Å². The van der Waals surface area contributed by atoms with Gasteiger partial charge in [-0.05, 0) is 36.4 Å². The first-order valence-corrected chi connectivity index (χ1v) is 6.60. The topological polar surface area (TPSA) is 34.2 Å². The van der Waals surface area contributed by atoms with Gasteiger partial charge in [0.2, 0.25) is 0 Å². The Balaban J connectivity index is 2.19. The molecule has 3 nitrogen and oxygen atoms in total. The van der Waals surface area contributed by atoms with Crippen molar-refractivity contribution in [3.05, 3.63) is 59.9 Å². The Morgan fingerprint density at radius 3 is 2.79 bits per heavy atom. The minimum atomic E-state index is 0.259. The monoisotopic (exact) mass is 256 g/mol. The molecule has 1 unspecified atom stereocenters. The molecule has 0 aliphatic heterocycles. The van der Waals surface area contributed by atoms with Gasteiger partial charge in [-0.2, -0.15) is 0 Å². The summed E-state index contributed by atoms with van der Waals surface area (Å²) >= 11 is 0. The lowest BCUT2D eigenvalue weighted by Crippen LogP contribution is -2.23. The fourth-order valence-corrected chi connectivity index (χ4v) is 2.14. The average Bonchev–Trinajstić information content (AvgIpc) is 2.48. The Labute approximate surface area is 114 Å². The third kappa shape index (κ3) is 3.80. The normalized spacial score (nSPS) is 12.1. The van der Waals surface area contributed by atoms with E-state index in [0.717, 1.165) is 24.4 Å². The molecule has 0 saturated carbocycles. The minimum absolute atomic E-state index is 0.259. The number of likely N-dealkylation sites (N-methyl/N-ethyl adjacent to an activating group) is 1. The summed E-state index contributed by atoms with van der Waals surface area (Å²) in [5, 5.41) is 3.50. The largest absolute Gasteiger partial charge is 0.497 e. The molecule has 1 aromatic heterocycles. The lowest BCUT2D eigenvalue weighted by Gasteiger charge is -2.18. The van der Waals surface area contributed by atoms with Crippen LogP contribution in [0.2, 0.25) is 0 Å². The zero-order chi connectivity index (χ0) is 13.5. The molecule has 1 aromatic carbocycles. The molecule has 100 valence electrons. The molecule has 0 bridgehead atoms. The van der Waals surface area contributed by atoms with Crippen molar-refractivity contribution < 1.29 is 4.74 Å². The molecule has 1 N–H and O–H groups in total. The fraction of sp³-hybridized carbons (Fsp3) is 0.312. The van der Waals surface area contributed by atoms with Crippen LogP contribution in [0.15, 0.2) is 48.7 Å². The maximum absolute atomic E-state index is 5.29.